The summed E-state index contributed by atoms with van der Waals surface area (Å²) >= 11 is 0. The Labute approximate surface area is 137 Å². The van der Waals surface area contributed by atoms with Crippen molar-refractivity contribution in [1.29, 1.82) is 0 Å². The standard InChI is InChI=1S/C16H17N3O5/c20-9-13-12(21)7-15(24-13)19-14(22)6-11(8-17-19)18-16(23)10-4-2-1-3-5-10/h1-6,8,12-13,15,20-21H,7,9H2,(H,18,23). The number of aliphatic hydroxyl groups excluding tert-OH is 2. The van der Waals surface area contributed by atoms with Crippen LogP contribution in [0.5, 0.6) is 0 Å². The van der Waals surface area contributed by atoms with Crippen molar-refractivity contribution in [3.05, 3.63) is 58.5 Å². The molecule has 8 heteroatoms. The van der Waals surface area contributed by atoms with Crippen molar-refractivity contribution in [2.24, 2.45) is 0 Å². The minimum absolute atomic E-state index is 0.161. The minimum atomic E-state index is -0.855. The van der Waals surface area contributed by atoms with Crippen LogP contribution in [0.25, 0.3) is 0 Å². The van der Waals surface area contributed by atoms with Crippen LogP contribution in [0.2, 0.25) is 0 Å². The number of carbonyl (C=O) groups excluding carboxylic acids is 1. The first-order valence-corrected chi connectivity index (χ1v) is 7.48. The molecule has 2 heterocycles. The molecule has 0 bridgehead atoms. The zero-order valence-electron chi connectivity index (χ0n) is 12.7. The molecular formula is C16H17N3O5. The largest absolute Gasteiger partial charge is 0.394 e. The van der Waals surface area contributed by atoms with Crippen LogP contribution >= 0.6 is 0 Å². The van der Waals surface area contributed by atoms with E-state index < -0.39 is 24.0 Å². The van der Waals surface area contributed by atoms with E-state index in [1.165, 1.54) is 12.3 Å². The van der Waals surface area contributed by atoms with Crippen molar-refractivity contribution < 1.29 is 19.7 Å². The predicted molar refractivity (Wildman–Crippen MR) is 84.5 cm³/mol. The lowest BCUT2D eigenvalue weighted by Gasteiger charge is -2.14. The average Bonchev–Trinajstić information content (AvgIpc) is 2.96. The molecule has 3 unspecified atom stereocenters. The zero-order chi connectivity index (χ0) is 17.1. The van der Waals surface area contributed by atoms with E-state index in [9.17, 15) is 14.7 Å². The Balaban J connectivity index is 1.74. The molecule has 126 valence electrons. The Morgan fingerprint density at radius 2 is 2.12 bits per heavy atom. The lowest BCUT2D eigenvalue weighted by molar-refractivity contribution is -0.0500. The fourth-order valence-corrected chi connectivity index (χ4v) is 2.52. The molecule has 1 aliphatic heterocycles. The summed E-state index contributed by atoms with van der Waals surface area (Å²) in [6.45, 7) is -0.336. The lowest BCUT2D eigenvalue weighted by atomic mass is 10.2. The van der Waals surface area contributed by atoms with Crippen molar-refractivity contribution in [2.45, 2.75) is 24.9 Å². The van der Waals surface area contributed by atoms with Crippen molar-refractivity contribution in [2.75, 3.05) is 11.9 Å². The van der Waals surface area contributed by atoms with Crippen LogP contribution in [-0.2, 0) is 4.74 Å². The quantitative estimate of drug-likeness (QED) is 0.734. The molecule has 1 aromatic carbocycles. The third-order valence-corrected chi connectivity index (χ3v) is 3.78. The first-order valence-electron chi connectivity index (χ1n) is 7.48. The number of nitrogens with zero attached hydrogens (tertiary/aromatic N) is 2. The van der Waals surface area contributed by atoms with Gasteiger partial charge in [-0.05, 0) is 12.1 Å². The second-order valence-corrected chi connectivity index (χ2v) is 5.46. The predicted octanol–water partition coefficient (Wildman–Crippen LogP) is 0.136. The maximum Gasteiger partial charge on any atom is 0.271 e. The van der Waals surface area contributed by atoms with E-state index in [2.05, 4.69) is 10.4 Å². The highest BCUT2D eigenvalue weighted by molar-refractivity contribution is 6.04. The van der Waals surface area contributed by atoms with E-state index >= 15 is 0 Å². The van der Waals surface area contributed by atoms with Gasteiger partial charge >= 0.3 is 0 Å². The fraction of sp³-hybridized carbons (Fsp3) is 0.312. The number of anilines is 1. The van der Waals surface area contributed by atoms with E-state index in [4.69, 9.17) is 9.84 Å². The van der Waals surface area contributed by atoms with Gasteiger partial charge in [-0.3, -0.25) is 9.59 Å². The van der Waals surface area contributed by atoms with Crippen LogP contribution in [-0.4, -0.2) is 44.7 Å². The Kier molecular flexibility index (Phi) is 4.70. The number of carbonyl (C=O) groups is 1. The van der Waals surface area contributed by atoms with Crippen LogP contribution < -0.4 is 10.9 Å². The molecule has 3 rings (SSSR count). The topological polar surface area (TPSA) is 114 Å². The number of aliphatic hydroxyl groups is 2. The van der Waals surface area contributed by atoms with Crippen LogP contribution in [0, 0.1) is 0 Å². The highest BCUT2D eigenvalue weighted by Gasteiger charge is 2.35. The molecule has 1 saturated heterocycles. The normalized spacial score (nSPS) is 23.2. The van der Waals surface area contributed by atoms with Gasteiger partial charge in [0.25, 0.3) is 11.5 Å². The van der Waals surface area contributed by atoms with Crippen LogP contribution in [0.1, 0.15) is 23.0 Å². The highest BCUT2D eigenvalue weighted by Crippen LogP contribution is 2.26. The van der Waals surface area contributed by atoms with Crippen LogP contribution in [0.3, 0.4) is 0 Å². The van der Waals surface area contributed by atoms with Gasteiger partial charge in [-0.25, -0.2) is 4.68 Å². The third kappa shape index (κ3) is 3.35. The van der Waals surface area contributed by atoms with Crippen LogP contribution in [0.4, 0.5) is 5.69 Å². The Hall–Kier alpha value is -2.55. The number of benzene rings is 1. The molecule has 0 radical (unpaired) electrons. The molecule has 1 fully saturated rings. The van der Waals surface area contributed by atoms with Gasteiger partial charge in [0.2, 0.25) is 0 Å². The molecule has 3 atom stereocenters. The number of rotatable bonds is 4. The molecule has 1 aliphatic rings. The van der Waals surface area contributed by atoms with E-state index in [1.807, 2.05) is 0 Å². The van der Waals surface area contributed by atoms with Gasteiger partial charge in [-0.15, -0.1) is 0 Å². The molecular weight excluding hydrogens is 314 g/mol. The molecule has 0 saturated carbocycles. The number of amides is 1. The van der Waals surface area contributed by atoms with Gasteiger partial charge in [-0.2, -0.15) is 5.10 Å². The fourth-order valence-electron chi connectivity index (χ4n) is 2.52. The summed E-state index contributed by atoms with van der Waals surface area (Å²) in [6.07, 6.45) is -0.839. The third-order valence-electron chi connectivity index (χ3n) is 3.78. The first kappa shape index (κ1) is 16.3. The van der Waals surface area contributed by atoms with Gasteiger partial charge in [0.05, 0.1) is 24.6 Å². The van der Waals surface area contributed by atoms with Gasteiger partial charge in [0.1, 0.15) is 6.10 Å². The second kappa shape index (κ2) is 6.91. The van der Waals surface area contributed by atoms with Crippen molar-refractivity contribution in [3.8, 4) is 0 Å². The molecule has 8 nitrogen and oxygen atoms in total. The molecule has 0 spiro atoms. The zero-order valence-corrected chi connectivity index (χ0v) is 12.7. The van der Waals surface area contributed by atoms with E-state index in [0.29, 0.717) is 5.56 Å². The maximum atomic E-state index is 12.2. The minimum Gasteiger partial charge on any atom is -0.394 e. The van der Waals surface area contributed by atoms with Gasteiger partial charge in [0, 0.05) is 18.1 Å². The first-order chi connectivity index (χ1) is 11.6. The summed E-state index contributed by atoms with van der Waals surface area (Å²) in [4.78, 5) is 24.2. The molecule has 0 aliphatic carbocycles. The number of hydrogen-bond acceptors (Lipinski definition) is 6. The summed E-state index contributed by atoms with van der Waals surface area (Å²) in [6, 6.07) is 9.83. The molecule has 2 aromatic rings. The molecule has 24 heavy (non-hydrogen) atoms. The number of ether oxygens (including phenoxy) is 1. The van der Waals surface area contributed by atoms with Gasteiger partial charge < -0.3 is 20.3 Å². The highest BCUT2D eigenvalue weighted by atomic mass is 16.5. The summed E-state index contributed by atoms with van der Waals surface area (Å²) in [5.74, 6) is -0.345. The maximum absolute atomic E-state index is 12.2. The molecule has 1 aromatic heterocycles. The summed E-state index contributed by atoms with van der Waals surface area (Å²) in [5.41, 5.74) is 0.258. The smallest absolute Gasteiger partial charge is 0.271 e. The number of hydrogen-bond donors (Lipinski definition) is 3. The van der Waals surface area contributed by atoms with Crippen molar-refractivity contribution in [3.63, 3.8) is 0 Å². The Bertz CT molecular complexity index is 777. The van der Waals surface area contributed by atoms with Crippen molar-refractivity contribution >= 4 is 11.6 Å². The lowest BCUT2D eigenvalue weighted by Crippen LogP contribution is -2.28. The molecule has 1 amide bonds. The average molecular weight is 331 g/mol. The summed E-state index contributed by atoms with van der Waals surface area (Å²) < 4.78 is 6.47. The van der Waals surface area contributed by atoms with Gasteiger partial charge in [-0.1, -0.05) is 18.2 Å². The van der Waals surface area contributed by atoms with Crippen LogP contribution in [0.15, 0.2) is 47.4 Å². The van der Waals surface area contributed by atoms with E-state index in [0.717, 1.165) is 4.68 Å². The van der Waals surface area contributed by atoms with Crippen molar-refractivity contribution in [1.82, 2.24) is 9.78 Å². The second-order valence-electron chi connectivity index (χ2n) is 5.46. The summed E-state index contributed by atoms with van der Waals surface area (Å²) in [7, 11) is 0. The number of nitrogens with one attached hydrogen (secondary N) is 1. The Morgan fingerprint density at radius 1 is 1.38 bits per heavy atom. The monoisotopic (exact) mass is 331 g/mol. The van der Waals surface area contributed by atoms with E-state index in [-0.39, 0.29) is 24.6 Å². The van der Waals surface area contributed by atoms with E-state index in [1.54, 1.807) is 30.3 Å². The Morgan fingerprint density at radius 3 is 2.75 bits per heavy atom. The molecule has 3 N–H and O–H groups in total. The summed E-state index contributed by atoms with van der Waals surface area (Å²) in [5, 5.41) is 25.4. The number of aromatic nitrogens is 2. The van der Waals surface area contributed by atoms with Gasteiger partial charge in [0.15, 0.2) is 6.23 Å². The SMILES string of the molecule is O=C(Nc1cnn(C2CC(O)C(CO)O2)c(=O)c1)c1ccccc1.